The van der Waals surface area contributed by atoms with Crippen LogP contribution < -0.4 is 0 Å². The van der Waals surface area contributed by atoms with Crippen LogP contribution in [0.5, 0.6) is 0 Å². The Morgan fingerprint density at radius 3 is 2.12 bits per heavy atom. The number of carbonyl (C=O) groups excluding carboxylic acids is 1. The Bertz CT molecular complexity index is 1660. The lowest BCUT2D eigenvalue weighted by Crippen LogP contribution is -2.65. The number of amides is 1. The van der Waals surface area contributed by atoms with Crippen LogP contribution in [0.2, 0.25) is 0 Å². The van der Waals surface area contributed by atoms with Crippen molar-refractivity contribution in [2.24, 2.45) is 50.7 Å². The first-order chi connectivity index (χ1) is 23.8. The molecule has 6 aliphatic rings. The van der Waals surface area contributed by atoms with Gasteiger partial charge in [0.2, 0.25) is 5.91 Å². The van der Waals surface area contributed by atoms with E-state index in [2.05, 4.69) is 47.3 Å². The number of hydrogen-bond donors (Lipinski definition) is 1. The average Bonchev–Trinajstić information content (AvgIpc) is 3.48. The van der Waals surface area contributed by atoms with Crippen molar-refractivity contribution < 1.29 is 23.1 Å². The number of nitrogens with zero attached hydrogens (tertiary/aromatic N) is 1. The van der Waals surface area contributed by atoms with Gasteiger partial charge in [-0.05, 0) is 152 Å². The van der Waals surface area contributed by atoms with E-state index in [0.717, 1.165) is 12.8 Å². The number of aromatic carboxylic acids is 1. The molecule has 0 aromatic heterocycles. The molecule has 1 aromatic rings. The maximum absolute atomic E-state index is 13.3. The summed E-state index contributed by atoms with van der Waals surface area (Å²) in [5.74, 6) is 2.18. The van der Waals surface area contributed by atoms with Crippen LogP contribution in [0.4, 0.5) is 0 Å². The van der Waals surface area contributed by atoms with Gasteiger partial charge in [0.25, 0.3) is 0 Å². The van der Waals surface area contributed by atoms with Gasteiger partial charge < -0.3 is 10.0 Å². The van der Waals surface area contributed by atoms with Crippen molar-refractivity contribution in [1.29, 1.82) is 0 Å². The van der Waals surface area contributed by atoms with Crippen LogP contribution in [0, 0.1) is 50.7 Å². The molecule has 0 radical (unpaired) electrons. The van der Waals surface area contributed by atoms with Crippen molar-refractivity contribution in [2.75, 3.05) is 24.6 Å². The highest BCUT2D eigenvalue weighted by Crippen LogP contribution is 2.77. The van der Waals surface area contributed by atoms with Crippen LogP contribution in [-0.2, 0) is 14.6 Å². The number of hydrogen-bond acceptors (Lipinski definition) is 4. The molecule has 7 rings (SSSR count). The SMILES string of the molecule is C=C(C)C.CC1(C)C(c2ccc(C(=O)O)cc2)=CC[C@@]2(C)C1CC[C@]1(C)C2CC[C@@H]2[C@H]3CCC[C@]3(CCC(=O)N3CCS(=O)(=O)CC3)CC[C@]21C. The third kappa shape index (κ3) is 6.48. The number of carboxylic acids is 1. The number of benzene rings is 1. The molecule has 4 saturated carbocycles. The van der Waals surface area contributed by atoms with Crippen molar-refractivity contribution in [3.8, 4) is 0 Å². The monoisotopic (exact) mass is 719 g/mol. The summed E-state index contributed by atoms with van der Waals surface area (Å²) < 4.78 is 23.9. The van der Waals surface area contributed by atoms with Crippen molar-refractivity contribution in [3.63, 3.8) is 0 Å². The fourth-order valence-corrected chi connectivity index (χ4v) is 14.7. The summed E-state index contributed by atoms with van der Waals surface area (Å²) in [5, 5.41) is 9.44. The molecular weight excluding hydrogens is 655 g/mol. The minimum atomic E-state index is -2.99. The van der Waals surface area contributed by atoms with Crippen LogP contribution in [0.1, 0.15) is 141 Å². The van der Waals surface area contributed by atoms with Crippen LogP contribution in [0.25, 0.3) is 5.57 Å². The highest BCUT2D eigenvalue weighted by atomic mass is 32.2. The van der Waals surface area contributed by atoms with E-state index in [0.29, 0.717) is 54.2 Å². The molecule has 1 saturated heterocycles. The predicted octanol–water partition coefficient (Wildman–Crippen LogP) is 9.85. The molecular formula is C44H65NO5S. The molecule has 1 amide bonds. The summed E-state index contributed by atoms with van der Waals surface area (Å²) in [5.41, 5.74) is 5.16. The lowest BCUT2D eigenvalue weighted by atomic mass is 9.32. The van der Waals surface area contributed by atoms with E-state index in [-0.39, 0.29) is 39.1 Å². The molecule has 51 heavy (non-hydrogen) atoms. The van der Waals surface area contributed by atoms with Crippen LogP contribution in [0.15, 0.2) is 42.5 Å². The smallest absolute Gasteiger partial charge is 0.335 e. The molecule has 1 heterocycles. The van der Waals surface area contributed by atoms with E-state index >= 15 is 0 Å². The van der Waals surface area contributed by atoms with Gasteiger partial charge in [-0.3, -0.25) is 4.79 Å². The predicted molar refractivity (Wildman–Crippen MR) is 207 cm³/mol. The zero-order chi connectivity index (χ0) is 37.2. The molecule has 2 unspecified atom stereocenters. The summed E-state index contributed by atoms with van der Waals surface area (Å²) >= 11 is 0. The zero-order valence-corrected chi connectivity index (χ0v) is 33.5. The Hall–Kier alpha value is -2.41. The van der Waals surface area contributed by atoms with Gasteiger partial charge >= 0.3 is 5.97 Å². The number of carboxylic acid groups (broad SMARTS) is 1. The Labute approximate surface area is 308 Å². The lowest BCUT2D eigenvalue weighted by molar-refractivity contribution is -0.223. The standard InChI is InChI=1S/C40H57NO5S.C4H8/c1-36(2)29(27-8-10-28(11-9-27)35(43)44)14-18-37(3)32(36)15-19-39(5)33(37)13-12-30-31-7-6-17-40(31,22-21-38(30,39)4)20-16-34(42)41-23-25-47(45,46)26-24-41;1-4(2)3/h8-11,14,30-33H,6-7,12-13,15-26H2,1-5H3,(H,43,44);1H2,2-3H3/t30-,31-,32?,33?,37+,38-,39-,40+;/m1./s1. The van der Waals surface area contributed by atoms with E-state index < -0.39 is 15.8 Å². The normalized spacial score (nSPS) is 39.1. The zero-order valence-electron chi connectivity index (χ0n) is 32.7. The Morgan fingerprint density at radius 1 is 0.843 bits per heavy atom. The third-order valence-electron chi connectivity index (χ3n) is 16.1. The lowest BCUT2D eigenvalue weighted by Gasteiger charge is -2.72. The van der Waals surface area contributed by atoms with Crippen molar-refractivity contribution in [2.45, 2.75) is 126 Å². The van der Waals surface area contributed by atoms with E-state index in [1.165, 1.54) is 74.5 Å². The molecule has 8 atom stereocenters. The van der Waals surface area contributed by atoms with Crippen LogP contribution in [0.3, 0.4) is 0 Å². The summed E-state index contributed by atoms with van der Waals surface area (Å²) in [4.78, 5) is 26.6. The van der Waals surface area contributed by atoms with Crippen molar-refractivity contribution >= 4 is 27.3 Å². The van der Waals surface area contributed by atoms with Gasteiger partial charge in [-0.1, -0.05) is 64.8 Å². The Kier molecular flexibility index (Phi) is 10.1. The molecule has 282 valence electrons. The quantitative estimate of drug-likeness (QED) is 0.306. The molecule has 0 spiro atoms. The first-order valence-corrected chi connectivity index (χ1v) is 21.8. The van der Waals surface area contributed by atoms with Gasteiger partial charge in [0.05, 0.1) is 17.1 Å². The molecule has 6 nitrogen and oxygen atoms in total. The molecule has 1 aromatic carbocycles. The summed E-state index contributed by atoms with van der Waals surface area (Å²) in [6, 6.07) is 7.54. The Balaban J connectivity index is 0.00000107. The van der Waals surface area contributed by atoms with Gasteiger partial charge in [-0.2, -0.15) is 0 Å². The largest absolute Gasteiger partial charge is 0.478 e. The fourth-order valence-electron chi connectivity index (χ4n) is 13.5. The van der Waals surface area contributed by atoms with Crippen LogP contribution >= 0.6 is 0 Å². The van der Waals surface area contributed by atoms with Gasteiger partial charge in [-0.15, -0.1) is 6.58 Å². The Morgan fingerprint density at radius 2 is 1.49 bits per heavy atom. The van der Waals surface area contributed by atoms with E-state index in [1.807, 2.05) is 30.9 Å². The van der Waals surface area contributed by atoms with Gasteiger partial charge in [0.15, 0.2) is 9.84 Å². The fraction of sp³-hybridized carbons (Fsp3) is 0.727. The van der Waals surface area contributed by atoms with E-state index in [4.69, 9.17) is 0 Å². The van der Waals surface area contributed by atoms with Crippen LogP contribution in [-0.4, -0.2) is 54.9 Å². The number of allylic oxidation sites excluding steroid dienone is 3. The second kappa shape index (κ2) is 13.5. The number of rotatable bonds is 5. The van der Waals surface area contributed by atoms with Gasteiger partial charge in [0, 0.05) is 19.5 Å². The molecule has 5 aliphatic carbocycles. The number of fused-ring (bicyclic) bond motifs is 7. The molecule has 1 aliphatic heterocycles. The van der Waals surface area contributed by atoms with Gasteiger partial charge in [-0.25, -0.2) is 13.2 Å². The van der Waals surface area contributed by atoms with Crippen molar-refractivity contribution in [1.82, 2.24) is 4.90 Å². The second-order valence-electron chi connectivity index (χ2n) is 19.2. The topological polar surface area (TPSA) is 91.8 Å². The van der Waals surface area contributed by atoms with E-state index in [1.54, 1.807) is 12.1 Å². The summed E-state index contributed by atoms with van der Waals surface area (Å²) in [6.07, 6.45) is 16.6. The maximum atomic E-state index is 13.3. The maximum Gasteiger partial charge on any atom is 0.335 e. The third-order valence-corrected chi connectivity index (χ3v) is 17.7. The van der Waals surface area contributed by atoms with Gasteiger partial charge in [0.1, 0.15) is 0 Å². The minimum absolute atomic E-state index is 0.00900. The second-order valence-corrected chi connectivity index (χ2v) is 21.5. The molecule has 5 fully saturated rings. The van der Waals surface area contributed by atoms with E-state index in [9.17, 15) is 23.1 Å². The molecule has 0 bridgehead atoms. The molecule has 7 heteroatoms. The summed E-state index contributed by atoms with van der Waals surface area (Å²) in [7, 11) is -2.99. The van der Waals surface area contributed by atoms with Crippen molar-refractivity contribution in [3.05, 3.63) is 53.6 Å². The summed E-state index contributed by atoms with van der Waals surface area (Å²) in [6.45, 7) is 21.1. The average molecular weight is 720 g/mol. The number of carbonyl (C=O) groups is 2. The minimum Gasteiger partial charge on any atom is -0.478 e. The molecule has 1 N–H and O–H groups in total. The number of sulfone groups is 1. The highest BCUT2D eigenvalue weighted by Gasteiger charge is 2.69. The first kappa shape index (κ1) is 38.3. The first-order valence-electron chi connectivity index (χ1n) is 19.9. The highest BCUT2D eigenvalue weighted by molar-refractivity contribution is 7.91.